The Morgan fingerprint density at radius 3 is 2.68 bits per heavy atom. The van der Waals surface area contributed by atoms with Gasteiger partial charge in [-0.3, -0.25) is 4.79 Å². The second-order valence-electron chi connectivity index (χ2n) is 7.89. The Bertz CT molecular complexity index is 476. The maximum absolute atomic E-state index is 12.8. The molecule has 0 aromatic carbocycles. The predicted molar refractivity (Wildman–Crippen MR) is 76.3 cm³/mol. The fraction of sp³-hybridized carbons (Fsp3) is 0.941. The van der Waals surface area contributed by atoms with Crippen molar-refractivity contribution in [3.8, 4) is 0 Å². The van der Waals surface area contributed by atoms with Crippen molar-refractivity contribution in [1.29, 1.82) is 0 Å². The molecular weight excluding hydrogens is 284 g/mol. The Morgan fingerprint density at radius 1 is 1.09 bits per heavy atom. The lowest BCUT2D eigenvalue weighted by Crippen LogP contribution is -2.40. The molecule has 0 N–H and O–H groups in total. The van der Waals surface area contributed by atoms with E-state index in [-0.39, 0.29) is 17.5 Å². The van der Waals surface area contributed by atoms with Crippen LogP contribution in [0.15, 0.2) is 0 Å². The van der Waals surface area contributed by atoms with Gasteiger partial charge in [0, 0.05) is 0 Å². The van der Waals surface area contributed by atoms with Crippen molar-refractivity contribution in [2.45, 2.75) is 75.5 Å². The normalized spacial score (nSPS) is 51.5. The van der Waals surface area contributed by atoms with E-state index >= 15 is 0 Å². The highest BCUT2D eigenvalue weighted by Gasteiger charge is 2.56. The van der Waals surface area contributed by atoms with Crippen molar-refractivity contribution in [1.82, 2.24) is 0 Å². The first-order valence-electron chi connectivity index (χ1n) is 8.82. The molecule has 7 atom stereocenters. The molecule has 0 radical (unpaired) electrons. The van der Waals surface area contributed by atoms with E-state index in [0.717, 1.165) is 38.7 Å². The number of hydrogen-bond donors (Lipinski definition) is 0. The van der Waals surface area contributed by atoms with Gasteiger partial charge < -0.3 is 18.9 Å². The number of ether oxygens (including phenoxy) is 4. The summed E-state index contributed by atoms with van der Waals surface area (Å²) in [6.07, 6.45) is 9.07. The van der Waals surface area contributed by atoms with E-state index in [9.17, 15) is 4.79 Å². The van der Waals surface area contributed by atoms with E-state index in [2.05, 4.69) is 0 Å². The molecule has 0 spiro atoms. The molecule has 3 heterocycles. The van der Waals surface area contributed by atoms with E-state index in [1.54, 1.807) is 0 Å². The first-order chi connectivity index (χ1) is 10.7. The van der Waals surface area contributed by atoms with Gasteiger partial charge in [0.1, 0.15) is 12.7 Å². The molecule has 122 valence electrons. The van der Waals surface area contributed by atoms with Gasteiger partial charge in [0.05, 0.1) is 36.4 Å². The van der Waals surface area contributed by atoms with Gasteiger partial charge in [-0.25, -0.2) is 0 Å². The molecule has 0 bridgehead atoms. The van der Waals surface area contributed by atoms with Crippen molar-refractivity contribution in [2.24, 2.45) is 11.3 Å². The molecule has 5 fully saturated rings. The van der Waals surface area contributed by atoms with Crippen LogP contribution in [0.25, 0.3) is 0 Å². The molecule has 22 heavy (non-hydrogen) atoms. The maximum atomic E-state index is 12.8. The quantitative estimate of drug-likeness (QED) is 0.572. The van der Waals surface area contributed by atoms with Crippen LogP contribution in [-0.2, 0) is 23.7 Å². The van der Waals surface area contributed by atoms with Crippen LogP contribution in [0, 0.1) is 11.3 Å². The third-order valence-electron chi connectivity index (χ3n) is 6.21. The van der Waals surface area contributed by atoms with E-state index < -0.39 is 0 Å². The summed E-state index contributed by atoms with van der Waals surface area (Å²) in [5.41, 5.74) is -0.320. The van der Waals surface area contributed by atoms with E-state index in [1.807, 2.05) is 0 Å². The molecule has 3 saturated heterocycles. The van der Waals surface area contributed by atoms with Gasteiger partial charge in [0.2, 0.25) is 0 Å². The summed E-state index contributed by atoms with van der Waals surface area (Å²) in [6, 6.07) is 0. The predicted octanol–water partition coefficient (Wildman–Crippen LogP) is 1.82. The summed E-state index contributed by atoms with van der Waals surface area (Å²) < 4.78 is 22.1. The topological polar surface area (TPSA) is 63.9 Å². The standard InChI is InChI=1S/C17H24O5/c18-16(20-9-11-8-19-11)17(4-3-13-15(7-17)22-13)6-10-1-2-12-14(5-10)21-12/h10-15H,1-9H2. The van der Waals surface area contributed by atoms with Crippen molar-refractivity contribution in [2.75, 3.05) is 13.2 Å². The number of epoxide rings is 3. The minimum absolute atomic E-state index is 0.00390. The summed E-state index contributed by atoms with van der Waals surface area (Å²) in [4.78, 5) is 12.8. The second kappa shape index (κ2) is 4.92. The molecule has 5 aliphatic rings. The second-order valence-corrected chi connectivity index (χ2v) is 7.89. The Morgan fingerprint density at radius 2 is 1.91 bits per heavy atom. The summed E-state index contributed by atoms with van der Waals surface area (Å²) in [7, 11) is 0. The SMILES string of the molecule is O=C(OCC1CO1)C1(CC2CCC3OC3C2)CCC2OC2C1. The van der Waals surface area contributed by atoms with Gasteiger partial charge in [0.15, 0.2) is 0 Å². The summed E-state index contributed by atoms with van der Waals surface area (Å²) >= 11 is 0. The molecule has 0 aromatic rings. The van der Waals surface area contributed by atoms with Gasteiger partial charge in [-0.05, 0) is 50.9 Å². The van der Waals surface area contributed by atoms with Crippen LogP contribution < -0.4 is 0 Å². The third kappa shape index (κ3) is 2.57. The van der Waals surface area contributed by atoms with Crippen molar-refractivity contribution < 1.29 is 23.7 Å². The van der Waals surface area contributed by atoms with Crippen molar-refractivity contribution in [3.05, 3.63) is 0 Å². The lowest BCUT2D eigenvalue weighted by atomic mass is 9.67. The number of hydrogen-bond acceptors (Lipinski definition) is 5. The van der Waals surface area contributed by atoms with Gasteiger partial charge in [-0.2, -0.15) is 0 Å². The van der Waals surface area contributed by atoms with Crippen LogP contribution in [0.3, 0.4) is 0 Å². The third-order valence-corrected chi connectivity index (χ3v) is 6.21. The average Bonchev–Trinajstić information content (AvgIpc) is 3.38. The highest BCUT2D eigenvalue weighted by Crippen LogP contribution is 2.52. The summed E-state index contributed by atoms with van der Waals surface area (Å²) in [5, 5.41) is 0. The Labute approximate surface area is 130 Å². The number of carbonyl (C=O) groups excluding carboxylic acids is 1. The first kappa shape index (κ1) is 13.8. The van der Waals surface area contributed by atoms with Crippen molar-refractivity contribution >= 4 is 5.97 Å². The van der Waals surface area contributed by atoms with Gasteiger partial charge in [-0.1, -0.05) is 0 Å². The Balaban J connectivity index is 1.28. The van der Waals surface area contributed by atoms with Crippen LogP contribution >= 0.6 is 0 Å². The molecule has 3 aliphatic heterocycles. The number of rotatable bonds is 5. The minimum atomic E-state index is -0.320. The number of carbonyl (C=O) groups is 1. The van der Waals surface area contributed by atoms with Gasteiger partial charge in [0.25, 0.3) is 0 Å². The zero-order chi connectivity index (χ0) is 14.7. The summed E-state index contributed by atoms with van der Waals surface area (Å²) in [5.74, 6) is 0.597. The number of esters is 1. The zero-order valence-corrected chi connectivity index (χ0v) is 12.9. The molecule has 5 rings (SSSR count). The Hall–Kier alpha value is -0.650. The van der Waals surface area contributed by atoms with Crippen LogP contribution in [0.4, 0.5) is 0 Å². The largest absolute Gasteiger partial charge is 0.462 e. The highest BCUT2D eigenvalue weighted by molar-refractivity contribution is 5.77. The number of fused-ring (bicyclic) bond motifs is 2. The first-order valence-corrected chi connectivity index (χ1v) is 8.82. The molecule has 0 amide bonds. The smallest absolute Gasteiger partial charge is 0.312 e. The fourth-order valence-corrected chi connectivity index (χ4v) is 4.68. The lowest BCUT2D eigenvalue weighted by Gasteiger charge is -2.36. The minimum Gasteiger partial charge on any atom is -0.462 e. The summed E-state index contributed by atoms with van der Waals surface area (Å²) in [6.45, 7) is 1.16. The molecular formula is C17H24O5. The van der Waals surface area contributed by atoms with Gasteiger partial charge in [-0.15, -0.1) is 0 Å². The molecule has 2 saturated carbocycles. The van der Waals surface area contributed by atoms with E-state index in [4.69, 9.17) is 18.9 Å². The van der Waals surface area contributed by atoms with Crippen LogP contribution in [0.2, 0.25) is 0 Å². The molecule has 5 heteroatoms. The average molecular weight is 308 g/mol. The van der Waals surface area contributed by atoms with Crippen LogP contribution in [0.5, 0.6) is 0 Å². The molecule has 2 aliphatic carbocycles. The monoisotopic (exact) mass is 308 g/mol. The fourth-order valence-electron chi connectivity index (χ4n) is 4.68. The van der Waals surface area contributed by atoms with Crippen LogP contribution in [0.1, 0.15) is 44.9 Å². The lowest BCUT2D eigenvalue weighted by molar-refractivity contribution is -0.160. The van der Waals surface area contributed by atoms with Gasteiger partial charge >= 0.3 is 5.97 Å². The van der Waals surface area contributed by atoms with E-state index in [0.29, 0.717) is 36.9 Å². The maximum Gasteiger partial charge on any atom is 0.312 e. The zero-order valence-electron chi connectivity index (χ0n) is 12.9. The Kier molecular flexibility index (Phi) is 3.08. The van der Waals surface area contributed by atoms with E-state index in [1.165, 1.54) is 12.8 Å². The van der Waals surface area contributed by atoms with Crippen LogP contribution in [-0.4, -0.2) is 49.7 Å². The van der Waals surface area contributed by atoms with Crippen molar-refractivity contribution in [3.63, 3.8) is 0 Å². The molecule has 7 unspecified atom stereocenters. The molecule has 0 aromatic heterocycles. The highest BCUT2D eigenvalue weighted by atomic mass is 16.6. The molecule has 5 nitrogen and oxygen atoms in total.